The molecule has 1 saturated carbocycles. The number of nitrogens with zero attached hydrogens (tertiary/aromatic N) is 3. The van der Waals surface area contributed by atoms with Crippen molar-refractivity contribution in [2.45, 2.75) is 57.4 Å². The van der Waals surface area contributed by atoms with Crippen LogP contribution in [-0.4, -0.2) is 62.8 Å². The Balaban J connectivity index is 1.87. The summed E-state index contributed by atoms with van der Waals surface area (Å²) in [6.45, 7) is 1.48. The largest absolute Gasteiger partial charge is 0.394 e. The predicted octanol–water partition coefficient (Wildman–Crippen LogP) is 1.51. The van der Waals surface area contributed by atoms with Crippen LogP contribution in [0.4, 0.5) is 16.2 Å². The number of amides is 1. The molecule has 1 aromatic carbocycles. The molecule has 1 aromatic heterocycles. The number of aliphatic hydroxyl groups is 3. The van der Waals surface area contributed by atoms with Gasteiger partial charge in [0.2, 0.25) is 5.95 Å². The van der Waals surface area contributed by atoms with Crippen molar-refractivity contribution in [1.82, 2.24) is 15.3 Å². The van der Waals surface area contributed by atoms with Crippen LogP contribution in [0.5, 0.6) is 0 Å². The van der Waals surface area contributed by atoms with E-state index in [1.54, 1.807) is 13.0 Å². The lowest BCUT2D eigenvalue weighted by Gasteiger charge is -2.39. The number of rotatable bonds is 6. The number of hydrogen-bond donors (Lipinski definition) is 5. The minimum atomic E-state index is -1.84. The van der Waals surface area contributed by atoms with Gasteiger partial charge in [-0.1, -0.05) is 19.3 Å². The third-order valence-electron chi connectivity index (χ3n) is 6.13. The van der Waals surface area contributed by atoms with Gasteiger partial charge in [-0.25, -0.2) is 9.37 Å². The number of fused-ring (bicyclic) bond motifs is 1. The molecule has 32 heavy (non-hydrogen) atoms. The van der Waals surface area contributed by atoms with Crippen LogP contribution in [0, 0.1) is 12.7 Å². The van der Waals surface area contributed by atoms with E-state index < -0.39 is 24.8 Å². The van der Waals surface area contributed by atoms with E-state index in [1.807, 2.05) is 0 Å². The van der Waals surface area contributed by atoms with E-state index in [2.05, 4.69) is 25.5 Å². The molecule has 9 nitrogen and oxygen atoms in total. The third-order valence-corrected chi connectivity index (χ3v) is 6.13. The first kappa shape index (κ1) is 22.4. The molecule has 10 heteroatoms. The van der Waals surface area contributed by atoms with E-state index in [1.165, 1.54) is 18.6 Å². The average molecular weight is 445 g/mol. The number of halogens is 1. The van der Waals surface area contributed by atoms with Crippen molar-refractivity contribution in [2.24, 2.45) is 0 Å². The minimum absolute atomic E-state index is 0.0464. The monoisotopic (exact) mass is 445 g/mol. The van der Waals surface area contributed by atoms with Gasteiger partial charge < -0.3 is 30.9 Å². The summed E-state index contributed by atoms with van der Waals surface area (Å²) < 4.78 is 13.8. The van der Waals surface area contributed by atoms with E-state index in [0.29, 0.717) is 34.9 Å². The van der Waals surface area contributed by atoms with Crippen LogP contribution in [0.3, 0.4) is 0 Å². The fourth-order valence-electron chi connectivity index (χ4n) is 4.41. The summed E-state index contributed by atoms with van der Waals surface area (Å²) in [5, 5.41) is 34.2. The average Bonchev–Trinajstić information content (AvgIpc) is 2.77. The molecule has 2 aromatic rings. The molecule has 1 unspecified atom stereocenters. The Morgan fingerprint density at radius 1 is 1.25 bits per heavy atom. The summed E-state index contributed by atoms with van der Waals surface area (Å²) in [6, 6.07) is 3.32. The Kier molecular flexibility index (Phi) is 6.54. The van der Waals surface area contributed by atoms with Gasteiger partial charge in [0, 0.05) is 11.6 Å². The van der Waals surface area contributed by atoms with Crippen molar-refractivity contribution < 1.29 is 24.5 Å². The van der Waals surface area contributed by atoms with Crippen LogP contribution in [0.2, 0.25) is 0 Å². The summed E-state index contributed by atoms with van der Waals surface area (Å²) >= 11 is 0. The molecular weight excluding hydrogens is 417 g/mol. The van der Waals surface area contributed by atoms with Crippen molar-refractivity contribution in [3.05, 3.63) is 35.1 Å². The molecule has 1 fully saturated rings. The van der Waals surface area contributed by atoms with Gasteiger partial charge >= 0.3 is 0 Å². The first-order valence-electron chi connectivity index (χ1n) is 10.9. The van der Waals surface area contributed by atoms with E-state index in [-0.39, 0.29) is 17.9 Å². The summed E-state index contributed by atoms with van der Waals surface area (Å²) in [5.74, 6) is -0.228. The molecule has 2 aliphatic rings. The highest BCUT2D eigenvalue weighted by atomic mass is 19.1. The fraction of sp³-hybridized carbons (Fsp3) is 0.500. The molecule has 0 bridgehead atoms. The van der Waals surface area contributed by atoms with E-state index in [9.17, 15) is 24.5 Å². The molecule has 0 radical (unpaired) electrons. The molecule has 1 amide bonds. The Labute approximate surface area is 185 Å². The van der Waals surface area contributed by atoms with Crippen LogP contribution >= 0.6 is 0 Å². The van der Waals surface area contributed by atoms with E-state index in [4.69, 9.17) is 0 Å². The van der Waals surface area contributed by atoms with Crippen LogP contribution < -0.4 is 15.5 Å². The van der Waals surface area contributed by atoms with Crippen LogP contribution in [0.15, 0.2) is 18.2 Å². The van der Waals surface area contributed by atoms with Gasteiger partial charge in [-0.15, -0.1) is 0 Å². The summed E-state index contributed by atoms with van der Waals surface area (Å²) in [4.78, 5) is 24.0. The van der Waals surface area contributed by atoms with Crippen molar-refractivity contribution >= 4 is 17.7 Å². The van der Waals surface area contributed by atoms with Crippen molar-refractivity contribution in [1.29, 1.82) is 0 Å². The van der Waals surface area contributed by atoms with Crippen LogP contribution in [0.25, 0.3) is 11.3 Å². The molecule has 5 N–H and O–H groups in total. The number of carbonyl (C=O) groups is 1. The second-order valence-corrected chi connectivity index (χ2v) is 8.33. The van der Waals surface area contributed by atoms with Crippen molar-refractivity contribution in [2.75, 3.05) is 23.5 Å². The Morgan fingerprint density at radius 3 is 2.66 bits per heavy atom. The quantitative estimate of drug-likeness (QED) is 0.423. The van der Waals surface area contributed by atoms with Gasteiger partial charge in [0.15, 0.2) is 6.29 Å². The van der Waals surface area contributed by atoms with Crippen molar-refractivity contribution in [3.63, 3.8) is 0 Å². The number of aliphatic hydroxyl groups excluding tert-OH is 2. The fourth-order valence-corrected chi connectivity index (χ4v) is 4.41. The maximum Gasteiger partial charge on any atom is 0.258 e. The lowest BCUT2D eigenvalue weighted by Crippen LogP contribution is -2.50. The Bertz CT molecular complexity index is 997. The normalized spacial score (nSPS) is 17.8. The SMILES string of the molecule is Cc1cc(F)ccc1-c1nc(NC(CO)C(O)O)nc2c1C(=O)NCN2C1CCCCC1. The zero-order chi connectivity index (χ0) is 22.8. The smallest absolute Gasteiger partial charge is 0.258 e. The van der Waals surface area contributed by atoms with E-state index >= 15 is 0 Å². The van der Waals surface area contributed by atoms with Gasteiger partial charge in [0.1, 0.15) is 23.2 Å². The lowest BCUT2D eigenvalue weighted by molar-refractivity contribution is -0.0628. The lowest BCUT2D eigenvalue weighted by atomic mass is 9.93. The molecule has 4 rings (SSSR count). The maximum absolute atomic E-state index is 13.8. The van der Waals surface area contributed by atoms with Crippen LogP contribution in [-0.2, 0) is 0 Å². The number of carbonyl (C=O) groups excluding carboxylic acids is 1. The second kappa shape index (κ2) is 9.35. The maximum atomic E-state index is 13.8. The summed E-state index contributed by atoms with van der Waals surface area (Å²) in [6.07, 6.45) is 3.46. The molecular formula is C22H28FN5O4. The standard InChI is InChI=1S/C22H28FN5O4/c1-12-9-13(23)7-8-15(12)18-17-19(27-22(26-18)25-16(10-29)21(31)32)28(11-24-20(17)30)14-5-3-2-4-6-14/h7-9,14,16,21,29,31-32H,2-6,10-11H2,1H3,(H,24,30)(H,25,26,27). The van der Waals surface area contributed by atoms with Gasteiger partial charge in [0.05, 0.1) is 19.0 Å². The second-order valence-electron chi connectivity index (χ2n) is 8.33. The van der Waals surface area contributed by atoms with Gasteiger partial charge in [-0.05, 0) is 43.5 Å². The Morgan fingerprint density at radius 2 is 2.00 bits per heavy atom. The third kappa shape index (κ3) is 4.38. The zero-order valence-electron chi connectivity index (χ0n) is 17.9. The Hall–Kier alpha value is -2.82. The first-order valence-corrected chi connectivity index (χ1v) is 10.9. The number of hydrogen-bond acceptors (Lipinski definition) is 8. The molecule has 172 valence electrons. The molecule has 1 aliphatic heterocycles. The van der Waals surface area contributed by atoms with Crippen LogP contribution in [0.1, 0.15) is 48.0 Å². The summed E-state index contributed by atoms with van der Waals surface area (Å²) in [5.41, 5.74) is 1.78. The van der Waals surface area contributed by atoms with Gasteiger partial charge in [-0.2, -0.15) is 4.98 Å². The number of anilines is 2. The van der Waals surface area contributed by atoms with E-state index in [0.717, 1.165) is 25.7 Å². The highest BCUT2D eigenvalue weighted by molar-refractivity contribution is 6.06. The highest BCUT2D eigenvalue weighted by Gasteiger charge is 2.34. The molecule has 0 spiro atoms. The summed E-state index contributed by atoms with van der Waals surface area (Å²) in [7, 11) is 0. The number of benzene rings is 1. The number of nitrogens with one attached hydrogen (secondary N) is 2. The molecule has 1 atom stereocenters. The number of aryl methyl sites for hydroxylation is 1. The zero-order valence-corrected chi connectivity index (χ0v) is 17.9. The number of aromatic nitrogens is 2. The predicted molar refractivity (Wildman–Crippen MR) is 117 cm³/mol. The molecule has 0 saturated heterocycles. The molecule has 1 aliphatic carbocycles. The van der Waals surface area contributed by atoms with Crippen molar-refractivity contribution in [3.8, 4) is 11.3 Å². The van der Waals surface area contributed by atoms with Gasteiger partial charge in [-0.3, -0.25) is 4.79 Å². The minimum Gasteiger partial charge on any atom is -0.394 e. The highest BCUT2D eigenvalue weighted by Crippen LogP contribution is 2.36. The molecule has 2 heterocycles. The topological polar surface area (TPSA) is 131 Å². The first-order chi connectivity index (χ1) is 15.4. The van der Waals surface area contributed by atoms with Gasteiger partial charge in [0.25, 0.3) is 5.91 Å².